The maximum Gasteiger partial charge on any atom is 0.125 e. The van der Waals surface area contributed by atoms with Gasteiger partial charge in [0, 0.05) is 20.6 Å². The summed E-state index contributed by atoms with van der Waals surface area (Å²) in [6, 6.07) is 13.1. The first-order valence-electron chi connectivity index (χ1n) is 5.91. The molecule has 0 bridgehead atoms. The Morgan fingerprint density at radius 1 is 1.26 bits per heavy atom. The summed E-state index contributed by atoms with van der Waals surface area (Å²) >= 11 is 9.41. The molecule has 2 aromatic carbocycles. The molecule has 0 fully saturated rings. The molecule has 0 amide bonds. The van der Waals surface area contributed by atoms with E-state index in [4.69, 9.17) is 16.3 Å². The molecule has 0 heterocycles. The van der Waals surface area contributed by atoms with E-state index in [1.165, 1.54) is 0 Å². The fourth-order valence-corrected chi connectivity index (χ4v) is 2.33. The average Bonchev–Trinajstić information content (AvgIpc) is 2.38. The number of benzene rings is 2. The molecule has 0 aliphatic heterocycles. The van der Waals surface area contributed by atoms with Crippen LogP contribution in [0.5, 0.6) is 5.75 Å². The van der Waals surface area contributed by atoms with Gasteiger partial charge in [-0.1, -0.05) is 45.7 Å². The van der Waals surface area contributed by atoms with E-state index in [2.05, 4.69) is 15.9 Å². The van der Waals surface area contributed by atoms with Gasteiger partial charge in [0.1, 0.15) is 12.4 Å². The summed E-state index contributed by atoms with van der Waals surface area (Å²) in [5.74, 6) is 0.648. The number of halogens is 2. The standard InChI is InChI=1S/C15H14BrClO2/c1-10(18)13-8-12(17)6-7-15(13)19-9-11-4-2-3-5-14(11)16/h2-8,10,18H,9H2,1H3/t10-/m0/s1. The van der Waals surface area contributed by atoms with E-state index in [0.29, 0.717) is 22.9 Å². The van der Waals surface area contributed by atoms with Crippen LogP contribution in [-0.2, 0) is 6.61 Å². The molecule has 2 aromatic rings. The number of ether oxygens (including phenoxy) is 1. The molecule has 0 saturated carbocycles. The van der Waals surface area contributed by atoms with Crippen LogP contribution in [0.3, 0.4) is 0 Å². The van der Waals surface area contributed by atoms with Crippen molar-refractivity contribution in [1.29, 1.82) is 0 Å². The summed E-state index contributed by atoms with van der Waals surface area (Å²) in [5, 5.41) is 10.3. The second kappa shape index (κ2) is 6.42. The van der Waals surface area contributed by atoms with Crippen molar-refractivity contribution in [1.82, 2.24) is 0 Å². The lowest BCUT2D eigenvalue weighted by Crippen LogP contribution is -2.01. The third-order valence-electron chi connectivity index (χ3n) is 2.76. The Morgan fingerprint density at radius 2 is 2.00 bits per heavy atom. The van der Waals surface area contributed by atoms with Gasteiger partial charge in [-0.2, -0.15) is 0 Å². The molecule has 2 rings (SSSR count). The average molecular weight is 342 g/mol. The van der Waals surface area contributed by atoms with E-state index in [1.54, 1.807) is 25.1 Å². The fourth-order valence-electron chi connectivity index (χ4n) is 1.75. The minimum Gasteiger partial charge on any atom is -0.488 e. The van der Waals surface area contributed by atoms with Crippen LogP contribution in [0.25, 0.3) is 0 Å². The Kier molecular flexibility index (Phi) is 4.86. The molecule has 100 valence electrons. The van der Waals surface area contributed by atoms with E-state index in [0.717, 1.165) is 10.0 Å². The zero-order chi connectivity index (χ0) is 13.8. The van der Waals surface area contributed by atoms with E-state index < -0.39 is 6.10 Å². The first kappa shape index (κ1) is 14.4. The highest BCUT2D eigenvalue weighted by Crippen LogP contribution is 2.29. The lowest BCUT2D eigenvalue weighted by atomic mass is 10.1. The van der Waals surface area contributed by atoms with Gasteiger partial charge in [0.15, 0.2) is 0 Å². The van der Waals surface area contributed by atoms with Gasteiger partial charge in [-0.25, -0.2) is 0 Å². The van der Waals surface area contributed by atoms with Gasteiger partial charge < -0.3 is 9.84 Å². The van der Waals surface area contributed by atoms with Gasteiger partial charge in [0.2, 0.25) is 0 Å². The predicted octanol–water partition coefficient (Wildman–Crippen LogP) is 4.73. The number of aliphatic hydroxyl groups is 1. The Labute approximate surface area is 126 Å². The Morgan fingerprint density at radius 3 is 2.68 bits per heavy atom. The van der Waals surface area contributed by atoms with E-state index in [1.807, 2.05) is 24.3 Å². The predicted molar refractivity (Wildman–Crippen MR) is 80.6 cm³/mol. The Balaban J connectivity index is 2.18. The van der Waals surface area contributed by atoms with Crippen LogP contribution in [-0.4, -0.2) is 5.11 Å². The van der Waals surface area contributed by atoms with Gasteiger partial charge in [-0.3, -0.25) is 0 Å². The van der Waals surface area contributed by atoms with E-state index >= 15 is 0 Å². The molecule has 0 spiro atoms. The second-order valence-corrected chi connectivity index (χ2v) is 5.53. The Hall–Kier alpha value is -1.03. The quantitative estimate of drug-likeness (QED) is 0.870. The molecular weight excluding hydrogens is 328 g/mol. The highest BCUT2D eigenvalue weighted by Gasteiger charge is 2.10. The lowest BCUT2D eigenvalue weighted by molar-refractivity contribution is 0.190. The number of rotatable bonds is 4. The minimum atomic E-state index is -0.618. The summed E-state index contributed by atoms with van der Waals surface area (Å²) in [7, 11) is 0. The smallest absolute Gasteiger partial charge is 0.125 e. The molecule has 0 radical (unpaired) electrons. The molecule has 0 aromatic heterocycles. The van der Waals surface area contributed by atoms with Crippen LogP contribution < -0.4 is 4.74 Å². The molecule has 1 atom stereocenters. The third-order valence-corrected chi connectivity index (χ3v) is 3.77. The van der Waals surface area contributed by atoms with Crippen molar-refractivity contribution in [2.45, 2.75) is 19.6 Å². The van der Waals surface area contributed by atoms with Crippen LogP contribution in [0.1, 0.15) is 24.2 Å². The molecule has 0 saturated heterocycles. The first-order chi connectivity index (χ1) is 9.08. The van der Waals surface area contributed by atoms with Gasteiger partial charge in [0.05, 0.1) is 6.10 Å². The van der Waals surface area contributed by atoms with Crippen LogP contribution in [0.4, 0.5) is 0 Å². The SMILES string of the molecule is C[C@H](O)c1cc(Cl)ccc1OCc1ccccc1Br. The molecule has 0 unspecified atom stereocenters. The normalized spacial score (nSPS) is 12.2. The zero-order valence-electron chi connectivity index (χ0n) is 10.4. The highest BCUT2D eigenvalue weighted by atomic mass is 79.9. The van der Waals surface area contributed by atoms with Gasteiger partial charge in [-0.15, -0.1) is 0 Å². The van der Waals surface area contributed by atoms with Gasteiger partial charge >= 0.3 is 0 Å². The van der Waals surface area contributed by atoms with E-state index in [-0.39, 0.29) is 0 Å². The number of hydrogen-bond acceptors (Lipinski definition) is 2. The van der Waals surface area contributed by atoms with Crippen molar-refractivity contribution in [2.24, 2.45) is 0 Å². The first-order valence-corrected chi connectivity index (χ1v) is 7.08. The summed E-state index contributed by atoms with van der Waals surface area (Å²) in [6.07, 6.45) is -0.618. The lowest BCUT2D eigenvalue weighted by Gasteiger charge is -2.14. The fraction of sp³-hybridized carbons (Fsp3) is 0.200. The van der Waals surface area contributed by atoms with Crippen molar-refractivity contribution >= 4 is 27.5 Å². The highest BCUT2D eigenvalue weighted by molar-refractivity contribution is 9.10. The Bertz CT molecular complexity index is 570. The molecule has 2 nitrogen and oxygen atoms in total. The number of aliphatic hydroxyl groups excluding tert-OH is 1. The van der Waals surface area contributed by atoms with Crippen molar-refractivity contribution in [2.75, 3.05) is 0 Å². The van der Waals surface area contributed by atoms with E-state index in [9.17, 15) is 5.11 Å². The largest absolute Gasteiger partial charge is 0.488 e. The molecule has 1 N–H and O–H groups in total. The maximum absolute atomic E-state index is 9.73. The topological polar surface area (TPSA) is 29.5 Å². The molecule has 4 heteroatoms. The molecule has 0 aliphatic rings. The van der Waals surface area contributed by atoms with Crippen molar-refractivity contribution in [3.63, 3.8) is 0 Å². The minimum absolute atomic E-state index is 0.433. The van der Waals surface area contributed by atoms with Crippen LogP contribution in [0, 0.1) is 0 Å². The summed E-state index contributed by atoms with van der Waals surface area (Å²) < 4.78 is 6.77. The summed E-state index contributed by atoms with van der Waals surface area (Å²) in [6.45, 7) is 2.12. The third kappa shape index (κ3) is 3.72. The van der Waals surface area contributed by atoms with Crippen LogP contribution in [0.2, 0.25) is 5.02 Å². The molecule has 0 aliphatic carbocycles. The van der Waals surface area contributed by atoms with Crippen molar-refractivity contribution in [3.05, 3.63) is 63.1 Å². The van der Waals surface area contributed by atoms with Crippen LogP contribution >= 0.6 is 27.5 Å². The van der Waals surface area contributed by atoms with Crippen molar-refractivity contribution < 1.29 is 9.84 Å². The zero-order valence-corrected chi connectivity index (χ0v) is 12.8. The maximum atomic E-state index is 9.73. The molecular formula is C15H14BrClO2. The summed E-state index contributed by atoms with van der Waals surface area (Å²) in [4.78, 5) is 0. The summed E-state index contributed by atoms with van der Waals surface area (Å²) in [5.41, 5.74) is 1.74. The monoisotopic (exact) mass is 340 g/mol. The number of hydrogen-bond donors (Lipinski definition) is 1. The second-order valence-electron chi connectivity index (χ2n) is 4.24. The van der Waals surface area contributed by atoms with Gasteiger partial charge in [-0.05, 0) is 31.2 Å². The van der Waals surface area contributed by atoms with Crippen molar-refractivity contribution in [3.8, 4) is 5.75 Å². The van der Waals surface area contributed by atoms with Crippen LogP contribution in [0.15, 0.2) is 46.9 Å². The van der Waals surface area contributed by atoms with Gasteiger partial charge in [0.25, 0.3) is 0 Å². The molecule has 19 heavy (non-hydrogen) atoms.